The molecule has 0 saturated carbocycles. The summed E-state index contributed by atoms with van der Waals surface area (Å²) in [6, 6.07) is 7.64. The number of hydrogen-bond acceptors (Lipinski definition) is 3. The van der Waals surface area contributed by atoms with Gasteiger partial charge >= 0.3 is 0 Å². The minimum Gasteiger partial charge on any atom is -0.396 e. The van der Waals surface area contributed by atoms with Gasteiger partial charge in [0.15, 0.2) is 5.82 Å². The van der Waals surface area contributed by atoms with Crippen molar-refractivity contribution in [3.63, 3.8) is 0 Å². The zero-order valence-electron chi connectivity index (χ0n) is 9.88. The quantitative estimate of drug-likeness (QED) is 0.903. The Morgan fingerprint density at radius 3 is 2.94 bits per heavy atom. The summed E-state index contributed by atoms with van der Waals surface area (Å²) in [6.45, 7) is 0.971. The van der Waals surface area contributed by atoms with Gasteiger partial charge in [0, 0.05) is 31.1 Å². The summed E-state index contributed by atoms with van der Waals surface area (Å²) in [5.41, 5.74) is 0.900. The molecule has 94 valence electrons. The molecule has 1 atom stereocenters. The molecule has 0 spiro atoms. The van der Waals surface area contributed by atoms with Crippen LogP contribution in [0.3, 0.4) is 0 Å². The third kappa shape index (κ3) is 1.91. The monoisotopic (exact) mass is 263 g/mol. The second-order valence-electron chi connectivity index (χ2n) is 4.62. The molecule has 5 heteroatoms. The molecule has 1 N–H and O–H groups in total. The molecule has 1 aromatic heterocycles. The van der Waals surface area contributed by atoms with E-state index in [1.54, 1.807) is 0 Å². The van der Waals surface area contributed by atoms with Gasteiger partial charge in [0.1, 0.15) is 5.82 Å². The number of aliphatic hydroxyl groups is 1. The number of aliphatic hydroxyl groups excluding tert-OH is 1. The molecule has 2 heterocycles. The molecule has 1 aliphatic rings. The van der Waals surface area contributed by atoms with E-state index in [4.69, 9.17) is 11.6 Å². The molecule has 18 heavy (non-hydrogen) atoms. The Morgan fingerprint density at radius 2 is 2.17 bits per heavy atom. The largest absolute Gasteiger partial charge is 0.396 e. The van der Waals surface area contributed by atoms with Gasteiger partial charge in [-0.1, -0.05) is 23.7 Å². The first kappa shape index (κ1) is 11.7. The van der Waals surface area contributed by atoms with E-state index < -0.39 is 0 Å². The topological polar surface area (TPSA) is 50.9 Å². The van der Waals surface area contributed by atoms with Gasteiger partial charge in [-0.2, -0.15) is 0 Å². The Kier molecular flexibility index (Phi) is 3.06. The van der Waals surface area contributed by atoms with Crippen LogP contribution >= 0.6 is 11.6 Å². The van der Waals surface area contributed by atoms with Gasteiger partial charge < -0.3 is 9.67 Å². The number of aryl methyl sites for hydroxylation is 1. The maximum Gasteiger partial charge on any atom is 0.165 e. The van der Waals surface area contributed by atoms with E-state index in [-0.39, 0.29) is 12.5 Å². The summed E-state index contributed by atoms with van der Waals surface area (Å²) < 4.78 is 2.08. The van der Waals surface area contributed by atoms with Gasteiger partial charge in [-0.15, -0.1) is 10.2 Å². The van der Waals surface area contributed by atoms with Crippen LogP contribution in [0.2, 0.25) is 5.02 Å². The second kappa shape index (κ2) is 4.71. The van der Waals surface area contributed by atoms with Crippen molar-refractivity contribution in [1.82, 2.24) is 14.8 Å². The molecule has 1 aromatic carbocycles. The third-order valence-corrected chi connectivity index (χ3v) is 3.75. The number of benzene rings is 1. The zero-order valence-corrected chi connectivity index (χ0v) is 10.6. The van der Waals surface area contributed by atoms with Crippen molar-refractivity contribution in [3.05, 3.63) is 35.1 Å². The van der Waals surface area contributed by atoms with Crippen LogP contribution in [-0.2, 0) is 13.0 Å². The number of halogens is 1. The smallest absolute Gasteiger partial charge is 0.165 e. The van der Waals surface area contributed by atoms with Crippen LogP contribution in [0, 0.1) is 5.92 Å². The molecule has 4 nitrogen and oxygen atoms in total. The van der Waals surface area contributed by atoms with Crippen LogP contribution in [0.5, 0.6) is 0 Å². The minimum atomic E-state index is 0.208. The first-order valence-corrected chi connectivity index (χ1v) is 6.45. The fourth-order valence-electron chi connectivity index (χ4n) is 2.39. The maximum atomic E-state index is 9.29. The Balaban J connectivity index is 2.05. The molecule has 1 aliphatic heterocycles. The highest BCUT2D eigenvalue weighted by Gasteiger charge is 2.23. The van der Waals surface area contributed by atoms with Gasteiger partial charge in [-0.3, -0.25) is 0 Å². The number of rotatable bonds is 2. The average Bonchev–Trinajstić information content (AvgIpc) is 2.82. The predicted octanol–water partition coefficient (Wildman–Crippen LogP) is 2.15. The van der Waals surface area contributed by atoms with E-state index in [2.05, 4.69) is 14.8 Å². The standard InChI is InChI=1S/C13H14ClN3O/c14-11-4-2-1-3-10(11)13-16-15-12-6-5-9(8-18)7-17(12)13/h1-4,9,18H,5-8H2. The van der Waals surface area contributed by atoms with E-state index >= 15 is 0 Å². The highest BCUT2D eigenvalue weighted by atomic mass is 35.5. The predicted molar refractivity (Wildman–Crippen MR) is 69.4 cm³/mol. The summed E-state index contributed by atoms with van der Waals surface area (Å²) in [5, 5.41) is 18.4. The summed E-state index contributed by atoms with van der Waals surface area (Å²) in [7, 11) is 0. The lowest BCUT2D eigenvalue weighted by atomic mass is 10.00. The second-order valence-corrected chi connectivity index (χ2v) is 5.02. The molecule has 0 amide bonds. The highest BCUT2D eigenvalue weighted by Crippen LogP contribution is 2.29. The van der Waals surface area contributed by atoms with Crippen LogP contribution in [-0.4, -0.2) is 26.5 Å². The van der Waals surface area contributed by atoms with Crippen LogP contribution in [0.1, 0.15) is 12.2 Å². The SMILES string of the molecule is OCC1CCc2nnc(-c3ccccc3Cl)n2C1. The Morgan fingerprint density at radius 1 is 1.33 bits per heavy atom. The van der Waals surface area contributed by atoms with Crippen molar-refractivity contribution in [2.24, 2.45) is 5.92 Å². The normalized spacial score (nSPS) is 18.7. The fraction of sp³-hybridized carbons (Fsp3) is 0.385. The number of aromatic nitrogens is 3. The van der Waals surface area contributed by atoms with Crippen LogP contribution in [0.25, 0.3) is 11.4 Å². The molecule has 0 radical (unpaired) electrons. The number of nitrogens with zero attached hydrogens (tertiary/aromatic N) is 3. The molecule has 0 saturated heterocycles. The van der Waals surface area contributed by atoms with Crippen LogP contribution < -0.4 is 0 Å². The van der Waals surface area contributed by atoms with Gasteiger partial charge in [0.05, 0.1) is 5.02 Å². The van der Waals surface area contributed by atoms with Crippen molar-refractivity contribution in [1.29, 1.82) is 0 Å². The Labute approximate surface area is 110 Å². The zero-order chi connectivity index (χ0) is 12.5. The number of hydrogen-bond donors (Lipinski definition) is 1. The Bertz CT molecular complexity index is 567. The van der Waals surface area contributed by atoms with E-state index in [0.717, 1.165) is 36.6 Å². The summed E-state index contributed by atoms with van der Waals surface area (Å²) in [5.74, 6) is 2.07. The summed E-state index contributed by atoms with van der Waals surface area (Å²) in [4.78, 5) is 0. The van der Waals surface area contributed by atoms with Gasteiger partial charge in [-0.25, -0.2) is 0 Å². The third-order valence-electron chi connectivity index (χ3n) is 3.42. The molecule has 2 aromatic rings. The lowest BCUT2D eigenvalue weighted by molar-refractivity contribution is 0.191. The minimum absolute atomic E-state index is 0.208. The summed E-state index contributed by atoms with van der Waals surface area (Å²) in [6.07, 6.45) is 1.83. The van der Waals surface area contributed by atoms with Crippen molar-refractivity contribution in [2.45, 2.75) is 19.4 Å². The lowest BCUT2D eigenvalue weighted by Gasteiger charge is -2.22. The maximum absolute atomic E-state index is 9.29. The van der Waals surface area contributed by atoms with Crippen molar-refractivity contribution in [2.75, 3.05) is 6.61 Å². The van der Waals surface area contributed by atoms with Gasteiger partial charge in [0.25, 0.3) is 0 Å². The molecule has 0 bridgehead atoms. The summed E-state index contributed by atoms with van der Waals surface area (Å²) >= 11 is 6.20. The fourth-order valence-corrected chi connectivity index (χ4v) is 2.61. The van der Waals surface area contributed by atoms with E-state index in [1.165, 1.54) is 0 Å². The average molecular weight is 264 g/mol. The lowest BCUT2D eigenvalue weighted by Crippen LogP contribution is -2.23. The number of fused-ring (bicyclic) bond motifs is 1. The van der Waals surface area contributed by atoms with Crippen molar-refractivity contribution in [3.8, 4) is 11.4 Å². The van der Waals surface area contributed by atoms with Gasteiger partial charge in [-0.05, 0) is 18.6 Å². The highest BCUT2D eigenvalue weighted by molar-refractivity contribution is 6.33. The Hall–Kier alpha value is -1.39. The molecule has 1 unspecified atom stereocenters. The first-order chi connectivity index (χ1) is 8.79. The van der Waals surface area contributed by atoms with Crippen LogP contribution in [0.4, 0.5) is 0 Å². The van der Waals surface area contributed by atoms with Crippen LogP contribution in [0.15, 0.2) is 24.3 Å². The van der Waals surface area contributed by atoms with E-state index in [0.29, 0.717) is 5.02 Å². The van der Waals surface area contributed by atoms with E-state index in [9.17, 15) is 5.11 Å². The molecule has 3 rings (SSSR count). The van der Waals surface area contributed by atoms with E-state index in [1.807, 2.05) is 24.3 Å². The molecule has 0 fully saturated rings. The molecular formula is C13H14ClN3O. The first-order valence-electron chi connectivity index (χ1n) is 6.07. The molecular weight excluding hydrogens is 250 g/mol. The van der Waals surface area contributed by atoms with Crippen molar-refractivity contribution < 1.29 is 5.11 Å². The van der Waals surface area contributed by atoms with Gasteiger partial charge in [0.2, 0.25) is 0 Å². The molecule has 0 aliphatic carbocycles. The van der Waals surface area contributed by atoms with Crippen molar-refractivity contribution >= 4 is 11.6 Å².